The van der Waals surface area contributed by atoms with Crippen molar-refractivity contribution in [3.8, 4) is 0 Å². The van der Waals surface area contributed by atoms with Crippen molar-refractivity contribution >= 4 is 0 Å². The van der Waals surface area contributed by atoms with Gasteiger partial charge in [0.05, 0.1) is 0 Å². The number of unbranched alkanes of at least 4 members (excludes halogenated alkanes) is 20. The minimum atomic E-state index is 0.338. The van der Waals surface area contributed by atoms with E-state index in [0.29, 0.717) is 13.2 Å². The molecule has 0 aliphatic heterocycles. The Kier molecular flexibility index (Phi) is 35.6. The summed E-state index contributed by atoms with van der Waals surface area (Å²) in [4.78, 5) is 0. The topological polar surface area (TPSA) is 68.2 Å². The standard InChI is InChI=1S/C32H66O5/c33-25-17-9-1-3-11-19-27-35-29-21-13-5-7-15-23-31-37-32-24-16-8-6-14-22-30-36-28-20-12-4-2-10-18-26-34/h33-34H,1-32H2. The molecule has 0 saturated carbocycles. The molecule has 2 N–H and O–H groups in total. The summed E-state index contributed by atoms with van der Waals surface area (Å²) < 4.78 is 17.3. The van der Waals surface area contributed by atoms with Crippen LogP contribution in [-0.2, 0) is 14.2 Å². The Morgan fingerprint density at radius 2 is 0.378 bits per heavy atom. The van der Waals surface area contributed by atoms with E-state index in [2.05, 4.69) is 0 Å². The summed E-state index contributed by atoms with van der Waals surface area (Å²) >= 11 is 0. The van der Waals surface area contributed by atoms with E-state index in [-0.39, 0.29) is 0 Å². The van der Waals surface area contributed by atoms with Crippen molar-refractivity contribution in [2.24, 2.45) is 0 Å². The van der Waals surface area contributed by atoms with Crippen LogP contribution in [0.2, 0.25) is 0 Å². The molecule has 0 atom stereocenters. The van der Waals surface area contributed by atoms with Crippen LogP contribution in [0.4, 0.5) is 0 Å². The van der Waals surface area contributed by atoms with Crippen molar-refractivity contribution in [1.29, 1.82) is 0 Å². The van der Waals surface area contributed by atoms with Gasteiger partial charge in [0.2, 0.25) is 0 Å². The summed E-state index contributed by atoms with van der Waals surface area (Å²) in [6.07, 6.45) is 29.5. The first-order valence-corrected chi connectivity index (χ1v) is 16.4. The predicted molar refractivity (Wildman–Crippen MR) is 157 cm³/mol. The third-order valence-corrected chi connectivity index (χ3v) is 7.05. The second kappa shape index (κ2) is 35.8. The molecule has 0 heterocycles. The third kappa shape index (κ3) is 35.8. The summed E-state index contributed by atoms with van der Waals surface area (Å²) in [5, 5.41) is 17.5. The highest BCUT2D eigenvalue weighted by atomic mass is 16.5. The van der Waals surface area contributed by atoms with Gasteiger partial charge in [0.1, 0.15) is 0 Å². The van der Waals surface area contributed by atoms with E-state index in [1.54, 1.807) is 0 Å². The number of ether oxygens (including phenoxy) is 3. The van der Waals surface area contributed by atoms with Gasteiger partial charge in [-0.3, -0.25) is 0 Å². The fraction of sp³-hybridized carbons (Fsp3) is 1.00. The van der Waals surface area contributed by atoms with Crippen LogP contribution >= 0.6 is 0 Å². The molecule has 0 rings (SSSR count). The molecule has 0 fully saturated rings. The van der Waals surface area contributed by atoms with E-state index in [9.17, 15) is 0 Å². The highest BCUT2D eigenvalue weighted by molar-refractivity contribution is 4.49. The highest BCUT2D eigenvalue weighted by Gasteiger charge is 1.97. The molecule has 224 valence electrons. The van der Waals surface area contributed by atoms with E-state index in [4.69, 9.17) is 24.4 Å². The van der Waals surface area contributed by atoms with Crippen LogP contribution in [0.1, 0.15) is 154 Å². The lowest BCUT2D eigenvalue weighted by atomic mass is 10.1. The SMILES string of the molecule is OCCCCCCCCOCCCCCCCCOCCCCCCCCOCCCCCCCCO. The third-order valence-electron chi connectivity index (χ3n) is 7.05. The van der Waals surface area contributed by atoms with Crippen molar-refractivity contribution in [3.05, 3.63) is 0 Å². The lowest BCUT2D eigenvalue weighted by Gasteiger charge is -2.06. The normalized spacial score (nSPS) is 11.5. The van der Waals surface area contributed by atoms with Crippen LogP contribution in [0, 0.1) is 0 Å². The Morgan fingerprint density at radius 3 is 0.568 bits per heavy atom. The monoisotopic (exact) mass is 530 g/mol. The quantitative estimate of drug-likeness (QED) is 0.0818. The molecule has 0 bridgehead atoms. The first-order chi connectivity index (χ1) is 18.4. The Balaban J connectivity index is 3.00. The van der Waals surface area contributed by atoms with Gasteiger partial charge in [-0.15, -0.1) is 0 Å². The van der Waals surface area contributed by atoms with E-state index >= 15 is 0 Å². The summed E-state index contributed by atoms with van der Waals surface area (Å²) in [5.41, 5.74) is 0. The summed E-state index contributed by atoms with van der Waals surface area (Å²) in [6.45, 7) is 6.23. The number of hydrogen-bond donors (Lipinski definition) is 2. The average molecular weight is 531 g/mol. The van der Waals surface area contributed by atoms with E-state index < -0.39 is 0 Å². The van der Waals surface area contributed by atoms with Crippen molar-refractivity contribution in [3.63, 3.8) is 0 Å². The lowest BCUT2D eigenvalue weighted by Crippen LogP contribution is -1.98. The molecule has 0 spiro atoms. The first-order valence-electron chi connectivity index (χ1n) is 16.4. The molecular formula is C32H66O5. The Labute approximate surface area is 231 Å². The van der Waals surface area contributed by atoms with Crippen molar-refractivity contribution < 1.29 is 24.4 Å². The number of aliphatic hydroxyl groups is 2. The van der Waals surface area contributed by atoms with E-state index in [1.165, 1.54) is 128 Å². The average Bonchev–Trinajstić information content (AvgIpc) is 2.91. The zero-order valence-corrected chi connectivity index (χ0v) is 24.7. The summed E-state index contributed by atoms with van der Waals surface area (Å²) in [6, 6.07) is 0. The van der Waals surface area contributed by atoms with Crippen LogP contribution in [0.3, 0.4) is 0 Å². The van der Waals surface area contributed by atoms with Gasteiger partial charge >= 0.3 is 0 Å². The van der Waals surface area contributed by atoms with Crippen LogP contribution in [0.15, 0.2) is 0 Å². The second-order valence-corrected chi connectivity index (χ2v) is 10.8. The summed E-state index contributed by atoms with van der Waals surface area (Å²) in [7, 11) is 0. The van der Waals surface area contributed by atoms with Crippen LogP contribution < -0.4 is 0 Å². The van der Waals surface area contributed by atoms with Gasteiger partial charge < -0.3 is 24.4 Å². The van der Waals surface area contributed by atoms with Gasteiger partial charge in [0, 0.05) is 52.9 Å². The molecule has 0 aromatic carbocycles. The Morgan fingerprint density at radius 1 is 0.216 bits per heavy atom. The minimum absolute atomic E-state index is 0.338. The maximum Gasteiger partial charge on any atom is 0.0466 e. The van der Waals surface area contributed by atoms with Gasteiger partial charge in [-0.05, 0) is 51.4 Å². The van der Waals surface area contributed by atoms with Crippen molar-refractivity contribution in [2.45, 2.75) is 154 Å². The van der Waals surface area contributed by atoms with Gasteiger partial charge in [-0.1, -0.05) is 103 Å². The van der Waals surface area contributed by atoms with Gasteiger partial charge in [-0.2, -0.15) is 0 Å². The lowest BCUT2D eigenvalue weighted by molar-refractivity contribution is 0.122. The molecule has 0 saturated heterocycles. The fourth-order valence-corrected chi connectivity index (χ4v) is 4.58. The number of aliphatic hydroxyl groups excluding tert-OH is 2. The van der Waals surface area contributed by atoms with Gasteiger partial charge in [0.15, 0.2) is 0 Å². The molecule has 0 aromatic heterocycles. The molecule has 0 aromatic rings. The maximum atomic E-state index is 8.75. The zero-order chi connectivity index (χ0) is 26.7. The fourth-order valence-electron chi connectivity index (χ4n) is 4.58. The minimum Gasteiger partial charge on any atom is -0.396 e. The second-order valence-electron chi connectivity index (χ2n) is 10.8. The van der Waals surface area contributed by atoms with Crippen molar-refractivity contribution in [1.82, 2.24) is 0 Å². The highest BCUT2D eigenvalue weighted by Crippen LogP contribution is 2.09. The summed E-state index contributed by atoms with van der Waals surface area (Å²) in [5.74, 6) is 0. The Hall–Kier alpha value is -0.200. The number of rotatable bonds is 34. The maximum absolute atomic E-state index is 8.75. The molecule has 5 nitrogen and oxygen atoms in total. The van der Waals surface area contributed by atoms with E-state index in [0.717, 1.165) is 65.3 Å². The molecular weight excluding hydrogens is 464 g/mol. The Bertz CT molecular complexity index is 346. The van der Waals surface area contributed by atoms with Crippen molar-refractivity contribution in [2.75, 3.05) is 52.9 Å². The first kappa shape index (κ1) is 36.8. The molecule has 0 unspecified atom stereocenters. The largest absolute Gasteiger partial charge is 0.396 e. The molecule has 0 aliphatic rings. The molecule has 0 aliphatic carbocycles. The van der Waals surface area contributed by atoms with Gasteiger partial charge in [0.25, 0.3) is 0 Å². The van der Waals surface area contributed by atoms with E-state index in [1.807, 2.05) is 0 Å². The number of hydrogen-bond acceptors (Lipinski definition) is 5. The smallest absolute Gasteiger partial charge is 0.0466 e. The van der Waals surface area contributed by atoms with Gasteiger partial charge in [-0.25, -0.2) is 0 Å². The predicted octanol–water partition coefficient (Wildman–Crippen LogP) is 8.38. The molecule has 0 radical (unpaired) electrons. The molecule has 0 amide bonds. The zero-order valence-electron chi connectivity index (χ0n) is 24.7. The van der Waals surface area contributed by atoms with Crippen LogP contribution in [-0.4, -0.2) is 63.1 Å². The van der Waals surface area contributed by atoms with Crippen LogP contribution in [0.25, 0.3) is 0 Å². The van der Waals surface area contributed by atoms with Crippen LogP contribution in [0.5, 0.6) is 0 Å². The molecule has 5 heteroatoms. The molecule has 37 heavy (non-hydrogen) atoms.